The van der Waals surface area contributed by atoms with Crippen LogP contribution in [0.5, 0.6) is 0 Å². The smallest absolute Gasteiger partial charge is 0.553 e. The van der Waals surface area contributed by atoms with Gasteiger partial charge in [-0.2, -0.15) is 0 Å². The molecule has 2 fully saturated rings. The van der Waals surface area contributed by atoms with E-state index in [2.05, 4.69) is 5.32 Å². The van der Waals surface area contributed by atoms with E-state index in [-0.39, 0.29) is 30.0 Å². The minimum atomic E-state index is -1.72. The fourth-order valence-electron chi connectivity index (χ4n) is 2.81. The number of carbonyl (C=O) groups is 3. The first-order valence-electron chi connectivity index (χ1n) is 7.09. The Labute approximate surface area is 117 Å². The monoisotopic (exact) mass is 281 g/mol. The van der Waals surface area contributed by atoms with Crippen LogP contribution in [-0.4, -0.2) is 38.2 Å². The van der Waals surface area contributed by atoms with Gasteiger partial charge in [-0.3, -0.25) is 14.4 Å². The van der Waals surface area contributed by atoms with Gasteiger partial charge in [-0.1, -0.05) is 25.0 Å². The Kier molecular flexibility index (Phi) is 5.01. The van der Waals surface area contributed by atoms with Gasteiger partial charge in [0.25, 0.3) is 5.97 Å². The van der Waals surface area contributed by atoms with Gasteiger partial charge in [-0.25, -0.2) is 0 Å². The van der Waals surface area contributed by atoms with Crippen molar-refractivity contribution in [3.63, 3.8) is 0 Å². The van der Waals surface area contributed by atoms with Crippen molar-refractivity contribution < 1.29 is 18.2 Å². The average molecular weight is 281 g/mol. The predicted octanol–water partition coefficient (Wildman–Crippen LogP) is 1.19. The molecule has 0 radical (unpaired) electrons. The summed E-state index contributed by atoms with van der Waals surface area (Å²) in [6.07, 6.45) is 5.10. The van der Waals surface area contributed by atoms with E-state index >= 15 is 0 Å². The van der Waals surface area contributed by atoms with Crippen molar-refractivity contribution in [3.8, 4) is 0 Å². The molecule has 0 aromatic carbocycles. The summed E-state index contributed by atoms with van der Waals surface area (Å²) in [6, 6.07) is -0.667. The third kappa shape index (κ3) is 4.05. The van der Waals surface area contributed by atoms with Crippen molar-refractivity contribution in [2.75, 3.05) is 0 Å². The van der Waals surface area contributed by atoms with Crippen molar-refractivity contribution in [1.29, 1.82) is 0 Å². The number of hydrogen-bond acceptors (Lipinski definition) is 4. The molecule has 6 heteroatoms. The van der Waals surface area contributed by atoms with Crippen LogP contribution in [0.2, 0.25) is 11.1 Å². The van der Waals surface area contributed by atoms with Crippen LogP contribution in [0.4, 0.5) is 0 Å². The molecular formula is C13H20AlNO4. The molecule has 1 saturated carbocycles. The Bertz CT molecular complexity index is 379. The van der Waals surface area contributed by atoms with Gasteiger partial charge in [-0.05, 0) is 12.8 Å². The summed E-state index contributed by atoms with van der Waals surface area (Å²) in [5.41, 5.74) is 0. The van der Waals surface area contributed by atoms with Gasteiger partial charge < -0.3 is 9.11 Å². The molecule has 1 saturated heterocycles. The second-order valence-corrected chi connectivity index (χ2v) is 7.84. The number of rotatable bonds is 2. The van der Waals surface area contributed by atoms with Crippen molar-refractivity contribution in [3.05, 3.63) is 0 Å². The zero-order valence-electron chi connectivity index (χ0n) is 11.3. The maximum atomic E-state index is 12.1. The second kappa shape index (κ2) is 6.54. The summed E-state index contributed by atoms with van der Waals surface area (Å²) in [7, 11) is 0. The van der Waals surface area contributed by atoms with E-state index in [4.69, 9.17) is 3.79 Å². The molecule has 1 N–H and O–H groups in total. The zero-order chi connectivity index (χ0) is 13.8. The first-order chi connectivity index (χ1) is 9.06. The Balaban J connectivity index is 1.94. The minimum Gasteiger partial charge on any atom is -0.616 e. The summed E-state index contributed by atoms with van der Waals surface area (Å²) < 4.78 is 5.17. The number of nitrogens with one attached hydrogen (secondary N) is 1. The van der Waals surface area contributed by atoms with E-state index in [9.17, 15) is 14.4 Å². The van der Waals surface area contributed by atoms with E-state index in [0.717, 1.165) is 25.7 Å². The summed E-state index contributed by atoms with van der Waals surface area (Å²) in [5.74, 6) is 1.38. The van der Waals surface area contributed by atoms with Crippen LogP contribution in [0.15, 0.2) is 0 Å². The highest BCUT2D eigenvalue weighted by molar-refractivity contribution is 6.57. The van der Waals surface area contributed by atoms with E-state index in [1.165, 1.54) is 6.42 Å². The Morgan fingerprint density at radius 3 is 2.63 bits per heavy atom. The third-order valence-corrected chi connectivity index (χ3v) is 5.52. The van der Waals surface area contributed by atoms with Gasteiger partial charge in [0.05, 0.1) is 12.5 Å². The minimum absolute atomic E-state index is 0.00532. The second-order valence-electron chi connectivity index (χ2n) is 5.57. The van der Waals surface area contributed by atoms with E-state index < -0.39 is 20.5 Å². The lowest BCUT2D eigenvalue weighted by Crippen LogP contribution is -2.44. The topological polar surface area (TPSA) is 72.5 Å². The molecule has 104 valence electrons. The maximum absolute atomic E-state index is 12.1. The SMILES string of the molecule is [CH3][Al]1[CH2]C(=O)C(NC(=O)C2CCCCC2)CC(=O)[O]1. The molecular weight excluding hydrogens is 261 g/mol. The molecule has 0 aromatic rings. The number of Topliss-reactive ketones (excluding diaryl/α,β-unsaturated/α-hetero) is 1. The quantitative estimate of drug-likeness (QED) is 0.772. The largest absolute Gasteiger partial charge is 0.616 e. The van der Waals surface area contributed by atoms with E-state index in [0.29, 0.717) is 5.28 Å². The summed E-state index contributed by atoms with van der Waals surface area (Å²) in [5, 5.41) is 3.08. The van der Waals surface area contributed by atoms with Gasteiger partial charge in [0, 0.05) is 11.2 Å². The average Bonchev–Trinajstić information content (AvgIpc) is 2.49. The summed E-state index contributed by atoms with van der Waals surface area (Å²) in [6.45, 7) is 0. The molecule has 19 heavy (non-hydrogen) atoms. The van der Waals surface area contributed by atoms with E-state index in [1.807, 2.05) is 5.79 Å². The molecule has 0 bridgehead atoms. The zero-order valence-corrected chi connectivity index (χ0v) is 12.5. The van der Waals surface area contributed by atoms with Crippen LogP contribution >= 0.6 is 0 Å². The van der Waals surface area contributed by atoms with E-state index in [1.54, 1.807) is 0 Å². The maximum Gasteiger partial charge on any atom is 0.553 e. The highest BCUT2D eigenvalue weighted by Crippen LogP contribution is 2.24. The summed E-state index contributed by atoms with van der Waals surface area (Å²) >= 11 is -1.72. The molecule has 1 aliphatic heterocycles. The molecule has 2 aliphatic rings. The van der Waals surface area contributed by atoms with Crippen molar-refractivity contribution in [2.24, 2.45) is 5.92 Å². The van der Waals surface area contributed by atoms with Crippen LogP contribution in [0, 0.1) is 5.92 Å². The molecule has 1 amide bonds. The van der Waals surface area contributed by atoms with Crippen LogP contribution in [-0.2, 0) is 18.2 Å². The first kappa shape index (κ1) is 14.5. The number of carbonyl (C=O) groups excluding carboxylic acids is 3. The summed E-state index contributed by atoms with van der Waals surface area (Å²) in [4.78, 5) is 35.6. The van der Waals surface area contributed by atoms with Gasteiger partial charge >= 0.3 is 14.5 Å². The van der Waals surface area contributed by atoms with Gasteiger partial charge in [-0.15, -0.1) is 0 Å². The molecule has 1 aliphatic carbocycles. The van der Waals surface area contributed by atoms with Crippen molar-refractivity contribution >= 4 is 32.1 Å². The lowest BCUT2D eigenvalue weighted by atomic mass is 9.88. The molecule has 0 spiro atoms. The lowest BCUT2D eigenvalue weighted by molar-refractivity contribution is -0.137. The molecule has 1 atom stereocenters. The highest BCUT2D eigenvalue weighted by Gasteiger charge is 2.35. The fraction of sp³-hybridized carbons (Fsp3) is 0.769. The van der Waals surface area contributed by atoms with Crippen LogP contribution in [0.25, 0.3) is 0 Å². The first-order valence-corrected chi connectivity index (χ1v) is 9.53. The van der Waals surface area contributed by atoms with Crippen molar-refractivity contribution in [1.82, 2.24) is 5.32 Å². The Morgan fingerprint density at radius 1 is 1.26 bits per heavy atom. The molecule has 1 heterocycles. The Hall–Kier alpha value is -0.858. The number of hydrogen-bond donors (Lipinski definition) is 1. The van der Waals surface area contributed by atoms with Gasteiger partial charge in [0.2, 0.25) is 5.91 Å². The molecule has 2 rings (SSSR count). The highest BCUT2D eigenvalue weighted by atomic mass is 27.2. The number of amides is 1. The standard InChI is InChI=1S/C12H18NO4.CH3.Al/c1-8(14)10(7-11(15)16)13-12(17)9-5-3-2-4-6-9;;/h9-10H,1-7H2,(H,13,17)(H,15,16);1H3;/q;;+1/p-1. The number of ketones is 1. The normalized spacial score (nSPS) is 25.7. The predicted molar refractivity (Wildman–Crippen MR) is 70.6 cm³/mol. The molecule has 0 aromatic heterocycles. The Morgan fingerprint density at radius 2 is 1.95 bits per heavy atom. The molecule has 5 nitrogen and oxygen atoms in total. The van der Waals surface area contributed by atoms with Crippen molar-refractivity contribution in [2.45, 2.75) is 55.6 Å². The fourth-order valence-corrected chi connectivity index (χ4v) is 4.29. The van der Waals surface area contributed by atoms with Crippen LogP contribution in [0.1, 0.15) is 38.5 Å². The van der Waals surface area contributed by atoms with Gasteiger partial charge in [0.15, 0.2) is 0 Å². The van der Waals surface area contributed by atoms with Gasteiger partial charge in [0.1, 0.15) is 5.78 Å². The molecule has 1 unspecified atom stereocenters. The van der Waals surface area contributed by atoms with Crippen LogP contribution < -0.4 is 5.32 Å². The lowest BCUT2D eigenvalue weighted by Gasteiger charge is -2.23. The third-order valence-electron chi connectivity index (χ3n) is 3.87. The van der Waals surface area contributed by atoms with Crippen LogP contribution in [0.3, 0.4) is 0 Å².